The van der Waals surface area contributed by atoms with E-state index in [1.54, 1.807) is 16.9 Å². The Balaban J connectivity index is 2.83. The van der Waals surface area contributed by atoms with Gasteiger partial charge in [-0.25, -0.2) is 4.79 Å². The van der Waals surface area contributed by atoms with Crippen molar-refractivity contribution in [3.63, 3.8) is 0 Å². The molecule has 21 heavy (non-hydrogen) atoms. The van der Waals surface area contributed by atoms with Gasteiger partial charge in [0.1, 0.15) is 0 Å². The van der Waals surface area contributed by atoms with Crippen molar-refractivity contribution in [2.24, 2.45) is 5.41 Å². The van der Waals surface area contributed by atoms with Crippen molar-refractivity contribution >= 4 is 12.0 Å². The molecule has 1 aliphatic rings. The van der Waals surface area contributed by atoms with Gasteiger partial charge in [0.05, 0.1) is 18.1 Å². The summed E-state index contributed by atoms with van der Waals surface area (Å²) in [6.45, 7) is 7.75. The van der Waals surface area contributed by atoms with Crippen LogP contribution in [0.3, 0.4) is 0 Å². The summed E-state index contributed by atoms with van der Waals surface area (Å²) in [6, 6.07) is -0.101. The van der Waals surface area contributed by atoms with E-state index in [9.17, 15) is 14.7 Å². The van der Waals surface area contributed by atoms with E-state index in [4.69, 9.17) is 4.74 Å². The van der Waals surface area contributed by atoms with Crippen LogP contribution in [-0.4, -0.2) is 66.3 Å². The van der Waals surface area contributed by atoms with Crippen LogP contribution in [0.5, 0.6) is 0 Å². The third-order valence-electron chi connectivity index (χ3n) is 4.50. The molecule has 0 radical (unpaired) electrons. The Morgan fingerprint density at radius 1 is 1.43 bits per heavy atom. The average molecular weight is 300 g/mol. The van der Waals surface area contributed by atoms with E-state index >= 15 is 0 Å². The lowest BCUT2D eigenvalue weighted by Gasteiger charge is -2.42. The van der Waals surface area contributed by atoms with Crippen LogP contribution in [0.4, 0.5) is 4.79 Å². The molecule has 122 valence electrons. The van der Waals surface area contributed by atoms with Crippen LogP contribution in [0, 0.1) is 5.41 Å². The molecule has 0 spiro atoms. The zero-order valence-electron chi connectivity index (χ0n) is 13.6. The van der Waals surface area contributed by atoms with Crippen LogP contribution in [-0.2, 0) is 9.53 Å². The molecular weight excluding hydrogens is 272 g/mol. The molecule has 1 saturated heterocycles. The van der Waals surface area contributed by atoms with Gasteiger partial charge < -0.3 is 19.6 Å². The van der Waals surface area contributed by atoms with Crippen molar-refractivity contribution in [3.8, 4) is 0 Å². The summed E-state index contributed by atoms with van der Waals surface area (Å²) in [5.41, 5.74) is -0.794. The number of aliphatic carboxylic acids is 1. The third kappa shape index (κ3) is 3.87. The van der Waals surface area contributed by atoms with Crippen molar-refractivity contribution in [1.29, 1.82) is 0 Å². The van der Waals surface area contributed by atoms with E-state index in [0.717, 1.165) is 6.42 Å². The number of ether oxygens (including phenoxy) is 1. The summed E-state index contributed by atoms with van der Waals surface area (Å²) in [4.78, 5) is 27.7. The minimum atomic E-state index is -0.796. The second-order valence-electron chi connectivity index (χ2n) is 5.84. The maximum Gasteiger partial charge on any atom is 0.320 e. The van der Waals surface area contributed by atoms with Gasteiger partial charge in [0, 0.05) is 26.7 Å². The highest BCUT2D eigenvalue weighted by Gasteiger charge is 2.43. The van der Waals surface area contributed by atoms with Crippen LogP contribution in [0.1, 0.15) is 40.0 Å². The summed E-state index contributed by atoms with van der Waals surface area (Å²) >= 11 is 0. The molecular formula is C15H28N2O4. The Morgan fingerprint density at radius 2 is 2.10 bits per heavy atom. The highest BCUT2D eigenvalue weighted by Crippen LogP contribution is 2.34. The summed E-state index contributed by atoms with van der Waals surface area (Å²) in [7, 11) is 1.61. The highest BCUT2D eigenvalue weighted by atomic mass is 16.5. The van der Waals surface area contributed by atoms with Gasteiger partial charge in [-0.1, -0.05) is 6.92 Å². The molecule has 1 heterocycles. The number of carboxylic acid groups (broad SMARTS) is 1. The Labute approximate surface area is 127 Å². The summed E-state index contributed by atoms with van der Waals surface area (Å²) in [6.07, 6.45) is 1.93. The number of likely N-dealkylation sites (tertiary alicyclic amines) is 1. The van der Waals surface area contributed by atoms with E-state index in [2.05, 4.69) is 0 Å². The van der Waals surface area contributed by atoms with Gasteiger partial charge in [0.2, 0.25) is 0 Å². The summed E-state index contributed by atoms with van der Waals surface area (Å²) < 4.78 is 5.12. The van der Waals surface area contributed by atoms with E-state index in [1.807, 2.05) is 20.8 Å². The fourth-order valence-corrected chi connectivity index (χ4v) is 3.06. The van der Waals surface area contributed by atoms with E-state index < -0.39 is 11.4 Å². The number of urea groups is 1. The molecule has 6 heteroatoms. The maximum atomic E-state index is 12.7. The first-order valence-electron chi connectivity index (χ1n) is 7.69. The highest BCUT2D eigenvalue weighted by molar-refractivity contribution is 5.79. The Kier molecular flexibility index (Phi) is 6.45. The molecule has 0 aromatic carbocycles. The molecule has 1 N–H and O–H groups in total. The molecule has 0 saturated carbocycles. The van der Waals surface area contributed by atoms with E-state index in [-0.39, 0.29) is 12.1 Å². The molecule has 2 amide bonds. The molecule has 0 aliphatic carbocycles. The minimum Gasteiger partial charge on any atom is -0.481 e. The molecule has 2 unspecified atom stereocenters. The second-order valence-corrected chi connectivity index (χ2v) is 5.84. The second kappa shape index (κ2) is 7.64. The van der Waals surface area contributed by atoms with Gasteiger partial charge in [-0.3, -0.25) is 4.79 Å². The van der Waals surface area contributed by atoms with Gasteiger partial charge in [0.25, 0.3) is 0 Å². The van der Waals surface area contributed by atoms with Crippen LogP contribution >= 0.6 is 0 Å². The number of carbonyl (C=O) groups excluding carboxylic acids is 1. The zero-order valence-corrected chi connectivity index (χ0v) is 13.6. The fraction of sp³-hybridized carbons (Fsp3) is 0.867. The van der Waals surface area contributed by atoms with Crippen molar-refractivity contribution in [3.05, 3.63) is 0 Å². The predicted molar refractivity (Wildman–Crippen MR) is 80.3 cm³/mol. The predicted octanol–water partition coefficient (Wildman–Crippen LogP) is 2.04. The molecule has 1 aliphatic heterocycles. The molecule has 2 atom stereocenters. The first-order chi connectivity index (χ1) is 9.91. The lowest BCUT2D eigenvalue weighted by Crippen LogP contribution is -2.55. The quantitative estimate of drug-likeness (QED) is 0.815. The fourth-order valence-electron chi connectivity index (χ4n) is 3.06. The average Bonchev–Trinajstić information content (AvgIpc) is 2.48. The molecule has 0 aromatic heterocycles. The van der Waals surface area contributed by atoms with Crippen molar-refractivity contribution in [1.82, 2.24) is 9.80 Å². The van der Waals surface area contributed by atoms with E-state index in [0.29, 0.717) is 39.1 Å². The number of amides is 2. The number of likely N-dealkylation sites (N-methyl/N-ethyl adjacent to an activating group) is 1. The molecule has 1 rings (SSSR count). The van der Waals surface area contributed by atoms with Gasteiger partial charge in [-0.05, 0) is 33.1 Å². The van der Waals surface area contributed by atoms with Crippen LogP contribution in [0.25, 0.3) is 0 Å². The number of carbonyl (C=O) groups is 2. The first kappa shape index (κ1) is 17.8. The lowest BCUT2D eigenvalue weighted by molar-refractivity contribution is -0.152. The van der Waals surface area contributed by atoms with Crippen molar-refractivity contribution < 1.29 is 19.4 Å². The molecule has 1 fully saturated rings. The molecule has 0 aromatic rings. The monoisotopic (exact) mass is 300 g/mol. The number of hydrogen-bond donors (Lipinski definition) is 1. The Hall–Kier alpha value is -1.30. The third-order valence-corrected chi connectivity index (χ3v) is 4.50. The number of hydrogen-bond acceptors (Lipinski definition) is 3. The number of nitrogens with zero attached hydrogens (tertiary/aromatic N) is 2. The number of methoxy groups -OCH3 is 1. The maximum absolute atomic E-state index is 12.7. The lowest BCUT2D eigenvalue weighted by atomic mass is 9.78. The van der Waals surface area contributed by atoms with Crippen LogP contribution in [0.15, 0.2) is 0 Å². The van der Waals surface area contributed by atoms with Crippen LogP contribution in [0.2, 0.25) is 0 Å². The summed E-state index contributed by atoms with van der Waals surface area (Å²) in [5, 5.41) is 9.51. The van der Waals surface area contributed by atoms with Gasteiger partial charge in [0.15, 0.2) is 0 Å². The molecule has 0 bridgehead atoms. The SMILES string of the molecule is CCN(C(=O)N1CCCC(CC)(C(=O)O)C1)C(C)COC. The first-order valence-corrected chi connectivity index (χ1v) is 7.69. The van der Waals surface area contributed by atoms with E-state index in [1.165, 1.54) is 0 Å². The van der Waals surface area contributed by atoms with Gasteiger partial charge in [-0.15, -0.1) is 0 Å². The largest absolute Gasteiger partial charge is 0.481 e. The minimum absolute atomic E-state index is 0.0183. The standard InChI is InChI=1S/C15H28N2O4/c1-5-15(13(18)19)8-7-9-16(11-15)14(20)17(6-2)12(3)10-21-4/h12H,5-11H2,1-4H3,(H,18,19). The summed E-state index contributed by atoms with van der Waals surface area (Å²) in [5.74, 6) is -0.796. The van der Waals surface area contributed by atoms with Gasteiger partial charge >= 0.3 is 12.0 Å². The zero-order chi connectivity index (χ0) is 16.0. The number of rotatable bonds is 6. The number of piperidine rings is 1. The topological polar surface area (TPSA) is 70.1 Å². The van der Waals surface area contributed by atoms with Crippen LogP contribution < -0.4 is 0 Å². The smallest absolute Gasteiger partial charge is 0.320 e. The Morgan fingerprint density at radius 3 is 2.57 bits per heavy atom. The number of carboxylic acids is 1. The Bertz CT molecular complexity index is 375. The molecule has 6 nitrogen and oxygen atoms in total. The van der Waals surface area contributed by atoms with Gasteiger partial charge in [-0.2, -0.15) is 0 Å². The van der Waals surface area contributed by atoms with Crippen molar-refractivity contribution in [2.75, 3.05) is 33.4 Å². The normalized spacial score (nSPS) is 23.7. The van der Waals surface area contributed by atoms with Crippen molar-refractivity contribution in [2.45, 2.75) is 46.1 Å².